The predicted molar refractivity (Wildman–Crippen MR) is 106 cm³/mol. The maximum absolute atomic E-state index is 12.0. The average Bonchev–Trinajstić information content (AvgIpc) is 2.71. The summed E-state index contributed by atoms with van der Waals surface area (Å²) in [5.74, 6) is 0.991. The number of aliphatic hydroxyl groups is 1. The summed E-state index contributed by atoms with van der Waals surface area (Å²) >= 11 is 0. The number of aliphatic hydroxyl groups excluding tert-OH is 1. The summed E-state index contributed by atoms with van der Waals surface area (Å²) in [4.78, 5) is 24.0. The first kappa shape index (κ1) is 21.0. The van der Waals surface area contributed by atoms with Crippen LogP contribution < -0.4 is 9.47 Å². The molecule has 1 aliphatic carbocycles. The smallest absolute Gasteiger partial charge is 0.163 e. The Kier molecular flexibility index (Phi) is 7.63. The van der Waals surface area contributed by atoms with Crippen molar-refractivity contribution in [3.05, 3.63) is 65.7 Å². The zero-order valence-electron chi connectivity index (χ0n) is 16.2. The number of hydrogen-bond acceptors (Lipinski definition) is 6. The third kappa shape index (κ3) is 5.87. The number of methoxy groups -OCH3 is 3. The van der Waals surface area contributed by atoms with Crippen molar-refractivity contribution in [2.75, 3.05) is 21.3 Å². The molecular formula is C22H24O6. The van der Waals surface area contributed by atoms with Crippen molar-refractivity contribution in [1.29, 1.82) is 0 Å². The fourth-order valence-electron chi connectivity index (χ4n) is 2.67. The van der Waals surface area contributed by atoms with E-state index in [2.05, 4.69) is 0 Å². The summed E-state index contributed by atoms with van der Waals surface area (Å²) in [5.41, 5.74) is 0.764. The molecule has 0 aromatic heterocycles. The second-order valence-electron chi connectivity index (χ2n) is 6.14. The Morgan fingerprint density at radius 1 is 1.07 bits per heavy atom. The first-order chi connectivity index (χ1) is 13.5. The Morgan fingerprint density at radius 2 is 1.79 bits per heavy atom. The molecule has 0 aliphatic heterocycles. The minimum Gasteiger partial charge on any atom is -0.504 e. The molecule has 0 heterocycles. The summed E-state index contributed by atoms with van der Waals surface area (Å²) in [6.07, 6.45) is 9.82. The Morgan fingerprint density at radius 3 is 2.46 bits per heavy atom. The highest BCUT2D eigenvalue weighted by molar-refractivity contribution is 6.09. The van der Waals surface area contributed by atoms with Crippen molar-refractivity contribution >= 4 is 17.6 Å². The third-order valence-electron chi connectivity index (χ3n) is 4.17. The van der Waals surface area contributed by atoms with E-state index in [0.717, 1.165) is 5.56 Å². The Bertz CT molecular complexity index is 845. The van der Waals surface area contributed by atoms with Crippen LogP contribution in [0, 0.1) is 5.92 Å². The van der Waals surface area contributed by atoms with Gasteiger partial charge in [-0.05, 0) is 48.4 Å². The molecule has 1 aliphatic rings. The van der Waals surface area contributed by atoms with Gasteiger partial charge in [0.05, 0.1) is 27.8 Å². The van der Waals surface area contributed by atoms with Gasteiger partial charge in [-0.1, -0.05) is 18.2 Å². The number of ether oxygens (including phenoxy) is 3. The molecule has 0 bridgehead atoms. The quantitative estimate of drug-likeness (QED) is 0.515. The number of rotatable bonds is 9. The Balaban J connectivity index is 1.91. The highest BCUT2D eigenvalue weighted by atomic mass is 16.5. The van der Waals surface area contributed by atoms with Crippen LogP contribution in [-0.2, 0) is 14.3 Å². The summed E-state index contributed by atoms with van der Waals surface area (Å²) < 4.78 is 15.4. The van der Waals surface area contributed by atoms with Gasteiger partial charge in [-0.3, -0.25) is 9.59 Å². The molecule has 1 unspecified atom stereocenters. The van der Waals surface area contributed by atoms with Gasteiger partial charge in [-0.25, -0.2) is 0 Å². The second-order valence-corrected chi connectivity index (χ2v) is 6.14. The monoisotopic (exact) mass is 384 g/mol. The van der Waals surface area contributed by atoms with E-state index in [1.165, 1.54) is 26.4 Å². The van der Waals surface area contributed by atoms with Crippen LogP contribution in [0.2, 0.25) is 0 Å². The number of ketones is 2. The molecule has 1 atom stereocenters. The topological polar surface area (TPSA) is 82.1 Å². The van der Waals surface area contributed by atoms with Crippen molar-refractivity contribution in [2.24, 2.45) is 5.92 Å². The van der Waals surface area contributed by atoms with Gasteiger partial charge in [0.15, 0.2) is 34.6 Å². The molecule has 2 rings (SSSR count). The lowest BCUT2D eigenvalue weighted by Gasteiger charge is -2.14. The van der Waals surface area contributed by atoms with Crippen LogP contribution in [0.3, 0.4) is 0 Å². The van der Waals surface area contributed by atoms with Gasteiger partial charge >= 0.3 is 0 Å². The third-order valence-corrected chi connectivity index (χ3v) is 4.17. The summed E-state index contributed by atoms with van der Waals surface area (Å²) in [5, 5.41) is 9.61. The van der Waals surface area contributed by atoms with E-state index in [1.54, 1.807) is 49.6 Å². The van der Waals surface area contributed by atoms with E-state index in [0.29, 0.717) is 23.7 Å². The summed E-state index contributed by atoms with van der Waals surface area (Å²) in [7, 11) is 4.56. The van der Waals surface area contributed by atoms with Crippen molar-refractivity contribution in [3.63, 3.8) is 0 Å². The molecule has 0 radical (unpaired) electrons. The van der Waals surface area contributed by atoms with E-state index in [9.17, 15) is 14.7 Å². The molecule has 0 spiro atoms. The zero-order valence-corrected chi connectivity index (χ0v) is 16.2. The molecule has 1 aromatic carbocycles. The van der Waals surface area contributed by atoms with Crippen molar-refractivity contribution in [1.82, 2.24) is 0 Å². The van der Waals surface area contributed by atoms with Gasteiger partial charge in [0, 0.05) is 5.92 Å². The SMILES string of the molecule is COC1=CC(/C=C/C(=O)CC(=O)/C=C/c2ccc(OC)c(OC)c2)CC=C1O. The Labute approximate surface area is 164 Å². The first-order valence-corrected chi connectivity index (χ1v) is 8.76. The number of benzene rings is 1. The molecule has 0 saturated carbocycles. The van der Waals surface area contributed by atoms with E-state index in [4.69, 9.17) is 14.2 Å². The lowest BCUT2D eigenvalue weighted by Crippen LogP contribution is -2.06. The van der Waals surface area contributed by atoms with Crippen molar-refractivity contribution < 1.29 is 28.9 Å². The van der Waals surface area contributed by atoms with E-state index >= 15 is 0 Å². The van der Waals surface area contributed by atoms with Gasteiger partial charge in [-0.2, -0.15) is 0 Å². The Hall–Kier alpha value is -3.28. The molecule has 1 N–H and O–H groups in total. The fourth-order valence-corrected chi connectivity index (χ4v) is 2.67. The molecule has 28 heavy (non-hydrogen) atoms. The van der Waals surface area contributed by atoms with Crippen LogP contribution in [0.1, 0.15) is 18.4 Å². The van der Waals surface area contributed by atoms with Gasteiger partial charge < -0.3 is 19.3 Å². The fraction of sp³-hybridized carbons (Fsp3) is 0.273. The molecule has 0 fully saturated rings. The molecule has 6 nitrogen and oxygen atoms in total. The van der Waals surface area contributed by atoms with Crippen molar-refractivity contribution in [3.8, 4) is 11.5 Å². The maximum Gasteiger partial charge on any atom is 0.163 e. The lowest BCUT2D eigenvalue weighted by atomic mass is 9.97. The number of carbonyl (C=O) groups excluding carboxylic acids is 2. The molecular weight excluding hydrogens is 360 g/mol. The highest BCUT2D eigenvalue weighted by Crippen LogP contribution is 2.28. The molecule has 148 valence electrons. The predicted octanol–water partition coefficient (Wildman–Crippen LogP) is 3.79. The first-order valence-electron chi connectivity index (χ1n) is 8.76. The summed E-state index contributed by atoms with van der Waals surface area (Å²) in [6.45, 7) is 0. The van der Waals surface area contributed by atoms with Crippen LogP contribution in [0.5, 0.6) is 11.5 Å². The number of carbonyl (C=O) groups is 2. The average molecular weight is 384 g/mol. The van der Waals surface area contributed by atoms with Crippen LogP contribution in [0.15, 0.2) is 60.1 Å². The largest absolute Gasteiger partial charge is 0.504 e. The van der Waals surface area contributed by atoms with E-state index in [1.807, 2.05) is 0 Å². The molecule has 0 saturated heterocycles. The molecule has 6 heteroatoms. The van der Waals surface area contributed by atoms with Crippen LogP contribution in [0.4, 0.5) is 0 Å². The van der Waals surface area contributed by atoms with E-state index in [-0.39, 0.29) is 29.7 Å². The van der Waals surface area contributed by atoms with Gasteiger partial charge in [0.25, 0.3) is 0 Å². The van der Waals surface area contributed by atoms with E-state index < -0.39 is 0 Å². The minimum atomic E-state index is -0.293. The maximum atomic E-state index is 12.0. The second kappa shape index (κ2) is 10.2. The summed E-state index contributed by atoms with van der Waals surface area (Å²) in [6, 6.07) is 5.28. The zero-order chi connectivity index (χ0) is 20.5. The van der Waals surface area contributed by atoms with Crippen LogP contribution in [-0.4, -0.2) is 38.0 Å². The minimum absolute atomic E-state index is 0.0628. The van der Waals surface area contributed by atoms with Gasteiger partial charge in [-0.15, -0.1) is 0 Å². The van der Waals surface area contributed by atoms with Crippen molar-refractivity contribution in [2.45, 2.75) is 12.8 Å². The lowest BCUT2D eigenvalue weighted by molar-refractivity contribution is -0.121. The molecule has 1 aromatic rings. The van der Waals surface area contributed by atoms with Gasteiger partial charge in [0.1, 0.15) is 0 Å². The highest BCUT2D eigenvalue weighted by Gasteiger charge is 2.14. The molecule has 0 amide bonds. The standard InChI is InChI=1S/C22H24O6/c1-26-20-11-7-16(13-22(20)28-3)5-9-18(24)14-17(23)8-4-15-6-10-19(25)21(12-15)27-2/h4-5,7-13,15,25H,6,14H2,1-3H3/b8-4+,9-5+. The number of hydrogen-bond donors (Lipinski definition) is 1. The van der Waals surface area contributed by atoms with Gasteiger partial charge in [0.2, 0.25) is 0 Å². The normalized spacial score (nSPS) is 16.6. The van der Waals surface area contributed by atoms with Crippen LogP contribution in [0.25, 0.3) is 6.08 Å². The van der Waals surface area contributed by atoms with Crippen LogP contribution >= 0.6 is 0 Å². The number of allylic oxidation sites excluding steroid dienone is 5.